The van der Waals surface area contributed by atoms with E-state index in [1.54, 1.807) is 12.3 Å². The summed E-state index contributed by atoms with van der Waals surface area (Å²) < 4.78 is 0. The highest BCUT2D eigenvalue weighted by Crippen LogP contribution is 2.19. The molecule has 0 aliphatic carbocycles. The number of para-hydroxylation sites is 1. The molecule has 0 radical (unpaired) electrons. The number of carbonyl (C=O) groups excluding carboxylic acids is 4. The number of H-pyrrole nitrogens is 1. The lowest BCUT2D eigenvalue weighted by Crippen LogP contribution is -2.58. The Morgan fingerprint density at radius 3 is 2.10 bits per heavy atom. The van der Waals surface area contributed by atoms with Gasteiger partial charge in [0.2, 0.25) is 23.6 Å². The zero-order chi connectivity index (χ0) is 29.1. The second-order valence-electron chi connectivity index (χ2n) is 8.81. The quantitative estimate of drug-likeness (QED) is 0.109. The summed E-state index contributed by atoms with van der Waals surface area (Å²) in [4.78, 5) is 75.1. The van der Waals surface area contributed by atoms with E-state index in [2.05, 4.69) is 33.6 Å². The molecule has 2 rings (SSSR count). The molecule has 2 aromatic rings. The summed E-state index contributed by atoms with van der Waals surface area (Å²) >= 11 is 4.08. The van der Waals surface area contributed by atoms with E-state index in [1.807, 2.05) is 18.2 Å². The first kappa shape index (κ1) is 31.1. The van der Waals surface area contributed by atoms with Crippen molar-refractivity contribution in [1.82, 2.24) is 20.9 Å². The predicted octanol–water partition coefficient (Wildman–Crippen LogP) is -1.36. The number of aromatic nitrogens is 1. The van der Waals surface area contributed by atoms with Crippen LogP contribution in [-0.2, 0) is 35.2 Å². The van der Waals surface area contributed by atoms with Crippen LogP contribution in [0.1, 0.15) is 31.2 Å². The molecular weight excluding hydrogens is 532 g/mol. The van der Waals surface area contributed by atoms with Crippen LogP contribution in [0.5, 0.6) is 0 Å². The molecule has 1 aromatic carbocycles. The average molecular weight is 565 g/mol. The molecule has 14 nitrogen and oxygen atoms in total. The number of nitrogens with two attached hydrogens (primary N) is 2. The highest BCUT2D eigenvalue weighted by Gasteiger charge is 2.30. The van der Waals surface area contributed by atoms with Gasteiger partial charge in [-0.15, -0.1) is 0 Å². The monoisotopic (exact) mass is 564 g/mol. The van der Waals surface area contributed by atoms with E-state index in [1.165, 1.54) is 0 Å². The summed E-state index contributed by atoms with van der Waals surface area (Å²) in [6.07, 6.45) is 0.531. The summed E-state index contributed by atoms with van der Waals surface area (Å²) in [5.41, 5.74) is 12.3. The van der Waals surface area contributed by atoms with Crippen LogP contribution < -0.4 is 27.4 Å². The number of fused-ring (bicyclic) bond motifs is 1. The standard InChI is InChI=1S/C24H32N6O8S/c25-14(5-8-20(32)33)21(34)28-16(6-7-19(26)31)22(35)30-18(11-39)23(36)29-17(24(37)38)9-12-10-27-15-4-2-1-3-13(12)15/h1-4,10,14,16-18,27,39H,5-9,11,25H2,(H2,26,31)(H,28,34)(H,29,36)(H,30,35)(H,32,33)(H,37,38). The molecule has 0 bridgehead atoms. The summed E-state index contributed by atoms with van der Waals surface area (Å²) in [5, 5.41) is 26.4. The topological polar surface area (TPSA) is 247 Å². The molecule has 15 heteroatoms. The highest BCUT2D eigenvalue weighted by atomic mass is 32.1. The van der Waals surface area contributed by atoms with Gasteiger partial charge in [-0.1, -0.05) is 18.2 Å². The molecule has 1 heterocycles. The van der Waals surface area contributed by atoms with E-state index in [0.29, 0.717) is 5.56 Å². The molecule has 0 aliphatic heterocycles. The van der Waals surface area contributed by atoms with E-state index < -0.39 is 59.7 Å². The Labute approximate surface area is 228 Å². The molecule has 39 heavy (non-hydrogen) atoms. The van der Waals surface area contributed by atoms with Gasteiger partial charge in [0.1, 0.15) is 18.1 Å². The van der Waals surface area contributed by atoms with Crippen molar-refractivity contribution in [3.8, 4) is 0 Å². The fourth-order valence-electron chi connectivity index (χ4n) is 3.70. The maximum absolute atomic E-state index is 12.9. The predicted molar refractivity (Wildman–Crippen MR) is 143 cm³/mol. The number of rotatable bonds is 16. The van der Waals surface area contributed by atoms with Gasteiger partial charge < -0.3 is 42.6 Å². The van der Waals surface area contributed by atoms with E-state index in [-0.39, 0.29) is 37.9 Å². The van der Waals surface area contributed by atoms with Gasteiger partial charge in [0.25, 0.3) is 0 Å². The van der Waals surface area contributed by atoms with Crippen molar-refractivity contribution in [3.05, 3.63) is 36.0 Å². The summed E-state index contributed by atoms with van der Waals surface area (Å²) in [5.74, 6) is -5.95. The molecule has 4 amide bonds. The fourth-order valence-corrected chi connectivity index (χ4v) is 3.96. The van der Waals surface area contributed by atoms with Crippen LogP contribution in [0.25, 0.3) is 10.9 Å². The third kappa shape index (κ3) is 9.61. The Bertz CT molecular complexity index is 1220. The molecule has 4 atom stereocenters. The molecule has 0 fully saturated rings. The number of amides is 4. The van der Waals surface area contributed by atoms with Crippen molar-refractivity contribution in [2.45, 2.75) is 56.3 Å². The second kappa shape index (κ2) is 14.7. The van der Waals surface area contributed by atoms with Crippen LogP contribution in [0.15, 0.2) is 30.5 Å². The summed E-state index contributed by atoms with van der Waals surface area (Å²) in [6, 6.07) is 2.06. The number of carboxylic acid groups (broad SMARTS) is 2. The number of hydrogen-bond donors (Lipinski definition) is 9. The normalized spacial score (nSPS) is 14.0. The van der Waals surface area contributed by atoms with Crippen molar-refractivity contribution < 1.29 is 39.0 Å². The third-order valence-corrected chi connectivity index (χ3v) is 6.21. The van der Waals surface area contributed by atoms with Crippen molar-refractivity contribution in [2.75, 3.05) is 5.75 Å². The van der Waals surface area contributed by atoms with Crippen molar-refractivity contribution in [2.24, 2.45) is 11.5 Å². The number of primary amides is 1. The Morgan fingerprint density at radius 1 is 0.872 bits per heavy atom. The van der Waals surface area contributed by atoms with Crippen LogP contribution in [-0.4, -0.2) is 80.7 Å². The van der Waals surface area contributed by atoms with Gasteiger partial charge in [-0.05, 0) is 24.5 Å². The van der Waals surface area contributed by atoms with Crippen molar-refractivity contribution in [3.63, 3.8) is 0 Å². The van der Waals surface area contributed by atoms with Gasteiger partial charge in [0.05, 0.1) is 6.04 Å². The summed E-state index contributed by atoms with van der Waals surface area (Å²) in [6.45, 7) is 0. The van der Waals surface area contributed by atoms with Gasteiger partial charge in [0.15, 0.2) is 0 Å². The molecule has 0 saturated heterocycles. The molecule has 0 aliphatic rings. The molecule has 10 N–H and O–H groups in total. The minimum atomic E-state index is -1.34. The average Bonchev–Trinajstić information content (AvgIpc) is 3.29. The number of hydrogen-bond acceptors (Lipinski definition) is 8. The number of aliphatic carboxylic acids is 2. The van der Waals surface area contributed by atoms with E-state index in [4.69, 9.17) is 16.6 Å². The number of aromatic amines is 1. The zero-order valence-electron chi connectivity index (χ0n) is 20.9. The Morgan fingerprint density at radius 2 is 1.49 bits per heavy atom. The maximum Gasteiger partial charge on any atom is 0.326 e. The van der Waals surface area contributed by atoms with Crippen LogP contribution in [0.3, 0.4) is 0 Å². The maximum atomic E-state index is 12.9. The fraction of sp³-hybridized carbons (Fsp3) is 0.417. The van der Waals surface area contributed by atoms with E-state index in [9.17, 15) is 33.9 Å². The van der Waals surface area contributed by atoms with Crippen LogP contribution in [0.4, 0.5) is 0 Å². The molecule has 1 aromatic heterocycles. The Hall–Kier alpha value is -4.11. The molecule has 4 unspecified atom stereocenters. The highest BCUT2D eigenvalue weighted by molar-refractivity contribution is 7.80. The summed E-state index contributed by atoms with van der Waals surface area (Å²) in [7, 11) is 0. The molecule has 0 saturated carbocycles. The smallest absolute Gasteiger partial charge is 0.326 e. The van der Waals surface area contributed by atoms with Crippen molar-refractivity contribution >= 4 is 59.1 Å². The number of benzene rings is 1. The Kier molecular flexibility index (Phi) is 11.7. The van der Waals surface area contributed by atoms with Crippen LogP contribution in [0.2, 0.25) is 0 Å². The third-order valence-electron chi connectivity index (χ3n) is 5.85. The van der Waals surface area contributed by atoms with Crippen LogP contribution >= 0.6 is 12.6 Å². The lowest BCUT2D eigenvalue weighted by Gasteiger charge is -2.24. The SMILES string of the molecule is NC(=O)CCC(NC(=O)C(N)CCC(=O)O)C(=O)NC(CS)C(=O)NC(Cc1c[nH]c2ccccc12)C(=O)O. The largest absolute Gasteiger partial charge is 0.481 e. The number of carbonyl (C=O) groups is 6. The number of thiol groups is 1. The lowest BCUT2D eigenvalue weighted by molar-refractivity contribution is -0.142. The van der Waals surface area contributed by atoms with Gasteiger partial charge in [-0.3, -0.25) is 24.0 Å². The van der Waals surface area contributed by atoms with Crippen molar-refractivity contribution in [1.29, 1.82) is 0 Å². The van der Waals surface area contributed by atoms with Gasteiger partial charge in [-0.2, -0.15) is 12.6 Å². The minimum absolute atomic E-state index is 0.0378. The lowest BCUT2D eigenvalue weighted by atomic mass is 10.0. The molecular formula is C24H32N6O8S. The van der Waals surface area contributed by atoms with Crippen LogP contribution in [0, 0.1) is 0 Å². The zero-order valence-corrected chi connectivity index (χ0v) is 21.8. The first-order valence-corrected chi connectivity index (χ1v) is 12.6. The van der Waals surface area contributed by atoms with Gasteiger partial charge in [-0.25, -0.2) is 4.79 Å². The number of nitrogens with one attached hydrogen (secondary N) is 4. The minimum Gasteiger partial charge on any atom is -0.481 e. The first-order valence-electron chi connectivity index (χ1n) is 12.0. The molecule has 0 spiro atoms. The van der Waals surface area contributed by atoms with Gasteiger partial charge >= 0.3 is 11.9 Å². The van der Waals surface area contributed by atoms with Gasteiger partial charge in [0, 0.05) is 42.1 Å². The first-order chi connectivity index (χ1) is 18.4. The second-order valence-corrected chi connectivity index (χ2v) is 9.18. The number of carboxylic acids is 2. The van der Waals surface area contributed by atoms with E-state index >= 15 is 0 Å². The molecule has 212 valence electrons. The van der Waals surface area contributed by atoms with E-state index in [0.717, 1.165) is 10.9 Å². The Balaban J connectivity index is 2.09.